The highest BCUT2D eigenvalue weighted by molar-refractivity contribution is 7.97. The lowest BCUT2D eigenvalue weighted by Crippen LogP contribution is -2.34. The van der Waals surface area contributed by atoms with Crippen LogP contribution in [0.1, 0.15) is 59.3 Å². The zero-order chi connectivity index (χ0) is 19.9. The molecule has 0 atom stereocenters. The Bertz CT molecular complexity index is 697. The first kappa shape index (κ1) is 23.1. The Morgan fingerprint density at radius 2 is 2.07 bits per heavy atom. The third-order valence-corrected chi connectivity index (χ3v) is 4.92. The number of aromatic nitrogens is 1. The summed E-state index contributed by atoms with van der Waals surface area (Å²) in [7, 11) is 0. The van der Waals surface area contributed by atoms with Crippen molar-refractivity contribution in [2.24, 2.45) is 5.16 Å². The molecule has 1 heterocycles. The molecule has 8 heteroatoms. The number of carbonyl (C=O) groups excluding carboxylic acids is 1. The average Bonchev–Trinajstić information content (AvgIpc) is 2.68. The van der Waals surface area contributed by atoms with Crippen LogP contribution in [-0.2, 0) is 11.4 Å². The SMILES string of the molecule is CCCC=CCn1ccoc(=NOC(=O)N(CC)SCCCCCC)c1=O. The standard InChI is InChI=1S/C19H31N3O4S/c1-4-7-9-11-13-21-14-15-25-17(18(21)23)20-26-19(24)22(6-3)27-16-12-10-8-5-2/h9,11,14-15H,4-8,10,12-13,16H2,1-3H3. The number of unbranched alkanes of at least 4 members (excludes halogenated alkanes) is 4. The Hall–Kier alpha value is -1.96. The maximum absolute atomic E-state index is 12.3. The summed E-state index contributed by atoms with van der Waals surface area (Å²) >= 11 is 1.41. The number of carbonyl (C=O) groups is 1. The highest BCUT2D eigenvalue weighted by Gasteiger charge is 2.14. The van der Waals surface area contributed by atoms with Gasteiger partial charge >= 0.3 is 17.2 Å². The molecule has 0 aliphatic heterocycles. The fourth-order valence-corrected chi connectivity index (χ4v) is 3.06. The second kappa shape index (κ2) is 14.1. The van der Waals surface area contributed by atoms with Gasteiger partial charge in [-0.05, 0) is 36.9 Å². The van der Waals surface area contributed by atoms with Gasteiger partial charge in [0.25, 0.3) is 0 Å². The van der Waals surface area contributed by atoms with Crippen LogP contribution in [0.5, 0.6) is 0 Å². The molecule has 1 aromatic heterocycles. The highest BCUT2D eigenvalue weighted by atomic mass is 32.2. The van der Waals surface area contributed by atoms with Gasteiger partial charge in [-0.25, -0.2) is 9.10 Å². The van der Waals surface area contributed by atoms with Crippen molar-refractivity contribution in [2.75, 3.05) is 12.3 Å². The van der Waals surface area contributed by atoms with Crippen molar-refractivity contribution in [1.29, 1.82) is 0 Å². The van der Waals surface area contributed by atoms with Gasteiger partial charge in [-0.3, -0.25) is 9.63 Å². The van der Waals surface area contributed by atoms with Gasteiger partial charge in [0.05, 0.1) is 0 Å². The van der Waals surface area contributed by atoms with E-state index in [1.165, 1.54) is 46.1 Å². The molecule has 0 saturated heterocycles. The molecule has 1 rings (SSSR count). The molecule has 0 radical (unpaired) electrons. The Kier molecular flexibility index (Phi) is 12.1. The monoisotopic (exact) mass is 397 g/mol. The Balaban J connectivity index is 2.66. The molecule has 0 aliphatic rings. The van der Waals surface area contributed by atoms with Crippen LogP contribution in [0.2, 0.25) is 0 Å². The van der Waals surface area contributed by atoms with E-state index in [0.717, 1.165) is 31.4 Å². The molecule has 1 amide bonds. The van der Waals surface area contributed by atoms with Crippen LogP contribution in [0, 0.1) is 0 Å². The van der Waals surface area contributed by atoms with Crippen LogP contribution in [0.25, 0.3) is 0 Å². The van der Waals surface area contributed by atoms with Crippen LogP contribution < -0.4 is 11.1 Å². The highest BCUT2D eigenvalue weighted by Crippen LogP contribution is 2.14. The van der Waals surface area contributed by atoms with E-state index in [1.54, 1.807) is 0 Å². The average molecular weight is 398 g/mol. The largest absolute Gasteiger partial charge is 0.446 e. The van der Waals surface area contributed by atoms with E-state index in [1.807, 2.05) is 19.1 Å². The first-order valence-electron chi connectivity index (χ1n) is 9.62. The van der Waals surface area contributed by atoms with Gasteiger partial charge in [0.2, 0.25) is 0 Å². The summed E-state index contributed by atoms with van der Waals surface area (Å²) in [5.41, 5.74) is -0.694. The van der Waals surface area contributed by atoms with Crippen molar-refractivity contribution in [1.82, 2.24) is 8.87 Å². The van der Waals surface area contributed by atoms with E-state index >= 15 is 0 Å². The first-order valence-corrected chi connectivity index (χ1v) is 10.6. The number of rotatable bonds is 12. The number of allylic oxidation sites excluding steroid dienone is 2. The summed E-state index contributed by atoms with van der Waals surface area (Å²) in [6, 6.07) is 0. The van der Waals surface area contributed by atoms with Crippen molar-refractivity contribution in [3.63, 3.8) is 0 Å². The van der Waals surface area contributed by atoms with Gasteiger partial charge < -0.3 is 8.98 Å². The zero-order valence-corrected chi connectivity index (χ0v) is 17.4. The number of hydrogen-bond acceptors (Lipinski definition) is 6. The van der Waals surface area contributed by atoms with Crippen LogP contribution >= 0.6 is 11.9 Å². The summed E-state index contributed by atoms with van der Waals surface area (Å²) in [5, 5.41) is 3.61. The van der Waals surface area contributed by atoms with E-state index in [9.17, 15) is 9.59 Å². The molecule has 0 aliphatic carbocycles. The molecule has 152 valence electrons. The third kappa shape index (κ3) is 8.99. The minimum Gasteiger partial charge on any atom is -0.439 e. The molecule has 0 fully saturated rings. The van der Waals surface area contributed by atoms with Crippen molar-refractivity contribution >= 4 is 18.0 Å². The quantitative estimate of drug-likeness (QED) is 0.173. The summed E-state index contributed by atoms with van der Waals surface area (Å²) in [5.74, 6) is 0.843. The molecule has 7 nitrogen and oxygen atoms in total. The Morgan fingerprint density at radius 1 is 1.26 bits per heavy atom. The van der Waals surface area contributed by atoms with Gasteiger partial charge in [-0.1, -0.05) is 51.7 Å². The third-order valence-electron chi connectivity index (χ3n) is 3.73. The molecule has 0 bridgehead atoms. The van der Waals surface area contributed by atoms with Gasteiger partial charge in [0, 0.05) is 25.0 Å². The lowest BCUT2D eigenvalue weighted by Gasteiger charge is -2.16. The predicted molar refractivity (Wildman–Crippen MR) is 108 cm³/mol. The van der Waals surface area contributed by atoms with Gasteiger partial charge in [0.1, 0.15) is 6.26 Å². The smallest absolute Gasteiger partial charge is 0.439 e. The first-order chi connectivity index (χ1) is 13.1. The molecule has 27 heavy (non-hydrogen) atoms. The Morgan fingerprint density at radius 3 is 2.78 bits per heavy atom. The van der Waals surface area contributed by atoms with E-state index < -0.39 is 11.7 Å². The molecule has 1 aromatic rings. The van der Waals surface area contributed by atoms with Crippen LogP contribution in [0.4, 0.5) is 4.79 Å². The molecular formula is C19H31N3O4S. The summed E-state index contributed by atoms with van der Waals surface area (Å²) in [4.78, 5) is 29.3. The lowest BCUT2D eigenvalue weighted by atomic mass is 10.2. The molecule has 0 unspecified atom stereocenters. The van der Waals surface area contributed by atoms with E-state index in [4.69, 9.17) is 9.25 Å². The van der Waals surface area contributed by atoms with E-state index in [2.05, 4.69) is 19.0 Å². The van der Waals surface area contributed by atoms with Crippen LogP contribution in [0.3, 0.4) is 0 Å². The van der Waals surface area contributed by atoms with Crippen molar-refractivity contribution in [3.8, 4) is 0 Å². The van der Waals surface area contributed by atoms with E-state index in [0.29, 0.717) is 13.1 Å². The fourth-order valence-electron chi connectivity index (χ4n) is 2.19. The number of hydrogen-bond donors (Lipinski definition) is 0. The van der Waals surface area contributed by atoms with Crippen molar-refractivity contribution < 1.29 is 14.0 Å². The number of amides is 1. The van der Waals surface area contributed by atoms with Gasteiger partial charge in [0.15, 0.2) is 0 Å². The second-order valence-electron chi connectivity index (χ2n) is 5.96. The lowest BCUT2D eigenvalue weighted by molar-refractivity contribution is 0.122. The van der Waals surface area contributed by atoms with Crippen molar-refractivity contribution in [2.45, 2.75) is 65.8 Å². The number of nitrogens with zero attached hydrogens (tertiary/aromatic N) is 3. The maximum Gasteiger partial charge on any atom is 0.446 e. The maximum atomic E-state index is 12.3. The zero-order valence-electron chi connectivity index (χ0n) is 16.6. The fraction of sp³-hybridized carbons (Fsp3) is 0.632. The summed E-state index contributed by atoms with van der Waals surface area (Å²) in [6.45, 7) is 7.02. The normalized spacial score (nSPS) is 11.9. The summed E-state index contributed by atoms with van der Waals surface area (Å²) in [6.07, 6.45) is 12.8. The topological polar surface area (TPSA) is 77.0 Å². The van der Waals surface area contributed by atoms with Gasteiger partial charge in [-0.15, -0.1) is 0 Å². The molecule has 0 saturated carbocycles. The minimum absolute atomic E-state index is 0.251. The van der Waals surface area contributed by atoms with Gasteiger partial charge in [-0.2, -0.15) is 0 Å². The minimum atomic E-state index is -0.606. The second-order valence-corrected chi connectivity index (χ2v) is 7.07. The van der Waals surface area contributed by atoms with Crippen LogP contribution in [0.15, 0.2) is 39.0 Å². The summed E-state index contributed by atoms with van der Waals surface area (Å²) < 4.78 is 8.03. The molecule has 0 N–H and O–H groups in total. The molecular weight excluding hydrogens is 366 g/mol. The van der Waals surface area contributed by atoms with Crippen molar-refractivity contribution in [3.05, 3.63) is 40.5 Å². The van der Waals surface area contributed by atoms with E-state index in [-0.39, 0.29) is 5.55 Å². The van der Waals surface area contributed by atoms with Crippen LogP contribution in [-0.4, -0.2) is 27.3 Å². The Labute approximate surface area is 165 Å². The predicted octanol–water partition coefficient (Wildman–Crippen LogP) is 4.30. The molecule has 0 spiro atoms. The molecule has 0 aromatic carbocycles.